The fraction of sp³-hybridized carbons (Fsp3) is 0.500. The fourth-order valence-corrected chi connectivity index (χ4v) is 4.66. The Morgan fingerprint density at radius 2 is 1.85 bits per heavy atom. The van der Waals surface area contributed by atoms with Gasteiger partial charge in [0.2, 0.25) is 5.91 Å². The van der Waals surface area contributed by atoms with Gasteiger partial charge in [-0.1, -0.05) is 0 Å². The van der Waals surface area contributed by atoms with Crippen LogP contribution in [0, 0.1) is 17.0 Å². The molecule has 0 aromatic heterocycles. The zero-order valence-electron chi connectivity index (χ0n) is 19.2. The second kappa shape index (κ2) is 9.13. The number of nitrogens with one attached hydrogen (secondary N) is 1. The lowest BCUT2D eigenvalue weighted by molar-refractivity contribution is -0.122. The average Bonchev–Trinajstić information content (AvgIpc) is 3.62. The molecular weight excluding hydrogens is 432 g/mol. The van der Waals surface area contributed by atoms with E-state index in [0.29, 0.717) is 31.9 Å². The van der Waals surface area contributed by atoms with E-state index in [1.807, 2.05) is 13.0 Å². The van der Waals surface area contributed by atoms with E-state index in [9.17, 15) is 4.79 Å². The van der Waals surface area contributed by atoms with Gasteiger partial charge in [-0.15, -0.1) is 0 Å². The lowest BCUT2D eigenvalue weighted by Gasteiger charge is -2.35. The summed E-state index contributed by atoms with van der Waals surface area (Å²) in [5.74, 6) is -1.99. The number of halogens is 2. The normalized spacial score (nSPS) is 20.8. The van der Waals surface area contributed by atoms with Crippen LogP contribution in [0.3, 0.4) is 0 Å². The van der Waals surface area contributed by atoms with E-state index in [2.05, 4.69) is 17.0 Å². The van der Waals surface area contributed by atoms with Gasteiger partial charge >= 0.3 is 0 Å². The highest BCUT2D eigenvalue weighted by atomic mass is 19.1. The van der Waals surface area contributed by atoms with E-state index >= 15 is 8.78 Å². The Bertz CT molecular complexity index is 999. The van der Waals surface area contributed by atoms with Gasteiger partial charge in [0.15, 0.2) is 23.1 Å². The number of allylic oxidation sites excluding steroid dienone is 1. The molecule has 2 fully saturated rings. The van der Waals surface area contributed by atoms with Gasteiger partial charge in [-0.3, -0.25) is 4.79 Å². The molecule has 178 valence electrons. The van der Waals surface area contributed by atoms with Gasteiger partial charge in [0.25, 0.3) is 0 Å². The standard InChI is InChI=1S/C24H29F2N3O4/c1-14-13-29(22-20(25)17(31-3)12-18(32-4)21(22)26)23(30)24(7-8-24)16(14)11-19(27-2)28-15-5-9-33-10-6-15/h11-12,15,28H,2,5-10,13H2,1,3-4H3/b19-11+. The highest BCUT2D eigenvalue weighted by molar-refractivity contribution is 6.04. The van der Waals surface area contributed by atoms with Crippen LogP contribution in [0.15, 0.2) is 34.1 Å². The summed E-state index contributed by atoms with van der Waals surface area (Å²) >= 11 is 0. The van der Waals surface area contributed by atoms with Crippen molar-refractivity contribution in [2.24, 2.45) is 10.4 Å². The maximum atomic E-state index is 15.1. The van der Waals surface area contributed by atoms with Crippen molar-refractivity contribution >= 4 is 18.3 Å². The number of hydrogen-bond donors (Lipinski definition) is 1. The minimum atomic E-state index is -0.929. The van der Waals surface area contributed by atoms with Crippen LogP contribution in [-0.2, 0) is 9.53 Å². The summed E-state index contributed by atoms with van der Waals surface area (Å²) in [7, 11) is 2.56. The number of rotatable bonds is 7. The molecule has 3 aliphatic rings. The molecule has 1 aromatic carbocycles. The number of carbonyl (C=O) groups is 1. The monoisotopic (exact) mass is 461 g/mol. The zero-order chi connectivity index (χ0) is 23.8. The summed E-state index contributed by atoms with van der Waals surface area (Å²) in [6.07, 6.45) is 4.77. The van der Waals surface area contributed by atoms with Crippen LogP contribution in [-0.4, -0.2) is 52.6 Å². The molecule has 4 rings (SSSR count). The van der Waals surface area contributed by atoms with Crippen LogP contribution in [0.2, 0.25) is 0 Å². The van der Waals surface area contributed by atoms with Crippen molar-refractivity contribution in [2.45, 2.75) is 38.6 Å². The van der Waals surface area contributed by atoms with Crippen molar-refractivity contribution in [1.82, 2.24) is 5.32 Å². The SMILES string of the molecule is C=N/C(=C\C1=C(C)CN(c2c(F)c(OC)cc(OC)c2F)C(=O)C12CC2)NC1CCOCC1. The number of methoxy groups -OCH3 is 2. The van der Waals surface area contributed by atoms with Gasteiger partial charge in [-0.05, 0) is 56.5 Å². The lowest BCUT2D eigenvalue weighted by atomic mass is 9.85. The Kier molecular flexibility index (Phi) is 6.43. The number of aliphatic imine (C=N–C) groups is 1. The number of hydrogen-bond acceptors (Lipinski definition) is 6. The third-order valence-electron chi connectivity index (χ3n) is 6.62. The van der Waals surface area contributed by atoms with Crippen molar-refractivity contribution in [1.29, 1.82) is 0 Å². The van der Waals surface area contributed by atoms with Crippen LogP contribution < -0.4 is 19.7 Å². The predicted molar refractivity (Wildman–Crippen MR) is 121 cm³/mol. The second-order valence-electron chi connectivity index (χ2n) is 8.64. The molecule has 1 aromatic rings. The molecule has 0 radical (unpaired) electrons. The summed E-state index contributed by atoms with van der Waals surface area (Å²) in [4.78, 5) is 18.9. The first-order valence-corrected chi connectivity index (χ1v) is 11.0. The number of anilines is 1. The first kappa shape index (κ1) is 23.2. The number of carbonyl (C=O) groups excluding carboxylic acids is 1. The summed E-state index contributed by atoms with van der Waals surface area (Å²) in [5, 5.41) is 3.38. The average molecular weight is 462 g/mol. The Balaban J connectivity index is 1.72. The maximum absolute atomic E-state index is 15.1. The minimum Gasteiger partial charge on any atom is -0.493 e. The smallest absolute Gasteiger partial charge is 0.238 e. The Morgan fingerprint density at radius 1 is 1.24 bits per heavy atom. The van der Waals surface area contributed by atoms with Crippen molar-refractivity contribution in [3.8, 4) is 11.5 Å². The molecule has 1 saturated heterocycles. The van der Waals surface area contributed by atoms with Crippen molar-refractivity contribution < 1.29 is 27.8 Å². The number of amides is 1. The van der Waals surface area contributed by atoms with E-state index < -0.39 is 22.7 Å². The summed E-state index contributed by atoms with van der Waals surface area (Å²) in [6, 6.07) is 1.35. The van der Waals surface area contributed by atoms with E-state index in [4.69, 9.17) is 14.2 Å². The fourth-order valence-electron chi connectivity index (χ4n) is 4.66. The quantitative estimate of drug-likeness (QED) is 0.627. The first-order valence-electron chi connectivity index (χ1n) is 11.0. The molecule has 0 unspecified atom stereocenters. The topological polar surface area (TPSA) is 72.4 Å². The number of nitrogens with zero attached hydrogens (tertiary/aromatic N) is 2. The van der Waals surface area contributed by atoms with Gasteiger partial charge in [0.05, 0.1) is 19.6 Å². The molecule has 33 heavy (non-hydrogen) atoms. The molecule has 2 heterocycles. The maximum Gasteiger partial charge on any atom is 0.238 e. The number of ether oxygens (including phenoxy) is 3. The van der Waals surface area contributed by atoms with Gasteiger partial charge in [0, 0.05) is 31.9 Å². The van der Waals surface area contributed by atoms with Crippen molar-refractivity contribution in [3.63, 3.8) is 0 Å². The largest absolute Gasteiger partial charge is 0.493 e. The summed E-state index contributed by atoms with van der Waals surface area (Å²) in [6.45, 7) is 6.95. The summed E-state index contributed by atoms with van der Waals surface area (Å²) in [5.41, 5.74) is 0.390. The first-order chi connectivity index (χ1) is 15.9. The highest BCUT2D eigenvalue weighted by Gasteiger charge is 2.57. The lowest BCUT2D eigenvalue weighted by Crippen LogP contribution is -2.44. The van der Waals surface area contributed by atoms with E-state index in [0.717, 1.165) is 30.1 Å². The molecule has 0 atom stereocenters. The third kappa shape index (κ3) is 4.10. The van der Waals surface area contributed by atoms with Crippen LogP contribution in [0.1, 0.15) is 32.6 Å². The van der Waals surface area contributed by atoms with Crippen LogP contribution >= 0.6 is 0 Å². The zero-order valence-corrected chi connectivity index (χ0v) is 19.2. The van der Waals surface area contributed by atoms with Gasteiger partial charge in [-0.25, -0.2) is 13.8 Å². The van der Waals surface area contributed by atoms with Crippen LogP contribution in [0.4, 0.5) is 14.5 Å². The Morgan fingerprint density at radius 3 is 2.36 bits per heavy atom. The van der Waals surface area contributed by atoms with Crippen LogP contribution in [0.25, 0.3) is 0 Å². The molecule has 0 bridgehead atoms. The van der Waals surface area contributed by atoms with Gasteiger partial charge in [0.1, 0.15) is 11.5 Å². The molecular formula is C24H29F2N3O4. The molecule has 2 aliphatic heterocycles. The minimum absolute atomic E-state index is 0.0400. The van der Waals surface area contributed by atoms with E-state index in [1.54, 1.807) is 0 Å². The summed E-state index contributed by atoms with van der Waals surface area (Å²) < 4.78 is 45.8. The molecule has 1 amide bonds. The highest BCUT2D eigenvalue weighted by Crippen LogP contribution is 2.57. The third-order valence-corrected chi connectivity index (χ3v) is 6.62. The van der Waals surface area contributed by atoms with Crippen molar-refractivity contribution in [3.05, 3.63) is 40.7 Å². The molecule has 1 N–H and O–H groups in total. The molecule has 9 heteroatoms. The number of benzene rings is 1. The van der Waals surface area contributed by atoms with E-state index in [-0.39, 0.29) is 30.0 Å². The molecule has 1 saturated carbocycles. The van der Waals surface area contributed by atoms with Crippen LogP contribution in [0.5, 0.6) is 11.5 Å². The Hall–Kier alpha value is -2.94. The molecule has 1 spiro atoms. The second-order valence-corrected chi connectivity index (χ2v) is 8.64. The molecule has 1 aliphatic carbocycles. The van der Waals surface area contributed by atoms with Crippen molar-refractivity contribution in [2.75, 3.05) is 38.9 Å². The van der Waals surface area contributed by atoms with E-state index in [1.165, 1.54) is 19.1 Å². The predicted octanol–water partition coefficient (Wildman–Crippen LogP) is 3.74. The van der Waals surface area contributed by atoms with Gasteiger partial charge < -0.3 is 24.4 Å². The Labute approximate surface area is 192 Å². The molecule has 7 nitrogen and oxygen atoms in total. The van der Waals surface area contributed by atoms with Gasteiger partial charge in [-0.2, -0.15) is 0 Å².